The van der Waals surface area contributed by atoms with Crippen molar-refractivity contribution < 1.29 is 18.0 Å². The average molecular weight is 687 g/mol. The number of rotatable bonds is 10. The van der Waals surface area contributed by atoms with E-state index in [0.717, 1.165) is 53.5 Å². The fourth-order valence-electron chi connectivity index (χ4n) is 5.66. The first-order valence-electron chi connectivity index (χ1n) is 14.7. The number of amides is 2. The summed E-state index contributed by atoms with van der Waals surface area (Å²) < 4.78 is 23.5. The van der Waals surface area contributed by atoms with Gasteiger partial charge in [-0.3, -0.25) is 9.59 Å². The topological polar surface area (TPSA) is 186 Å². The monoisotopic (exact) mass is 685 g/mol. The van der Waals surface area contributed by atoms with E-state index in [1.165, 1.54) is 6.07 Å². The van der Waals surface area contributed by atoms with Crippen molar-refractivity contribution >= 4 is 51.5 Å². The van der Waals surface area contributed by atoms with Gasteiger partial charge in [0.15, 0.2) is 5.82 Å². The molecule has 0 radical (unpaired) electrons. The lowest BCUT2D eigenvalue weighted by Gasteiger charge is -2.28. The number of nitrogens with two attached hydrogens (primary N) is 2. The number of aryl methyl sites for hydroxylation is 1. The van der Waals surface area contributed by atoms with Gasteiger partial charge in [-0.15, -0.1) is 22.6 Å². The number of halogens is 2. The van der Waals surface area contributed by atoms with Gasteiger partial charge in [0.25, 0.3) is 0 Å². The molecule has 4 aromatic rings. The number of nitrogens with one attached hydrogen (secondary N) is 3. The lowest BCUT2D eigenvalue weighted by Crippen LogP contribution is -2.48. The molecular weight excluding hydrogens is 649 g/mol. The van der Waals surface area contributed by atoms with E-state index in [-0.39, 0.29) is 46.7 Å². The maximum atomic E-state index is 13.6. The Labute approximate surface area is 279 Å². The molecular formula is C32H37Cl2N7O4S. The van der Waals surface area contributed by atoms with Gasteiger partial charge >= 0.3 is 0 Å². The summed E-state index contributed by atoms with van der Waals surface area (Å²) in [7, 11) is -3.80. The smallest absolute Gasteiger partial charge is 0.247 e. The summed E-state index contributed by atoms with van der Waals surface area (Å²) >= 11 is 5.84. The van der Waals surface area contributed by atoms with Gasteiger partial charge in [0.1, 0.15) is 6.04 Å². The lowest BCUT2D eigenvalue weighted by atomic mass is 9.81. The second kappa shape index (κ2) is 15.2. The highest BCUT2D eigenvalue weighted by atomic mass is 35.5. The summed E-state index contributed by atoms with van der Waals surface area (Å²) in [5.41, 5.74) is 10.5. The molecule has 244 valence electrons. The number of benzene rings is 3. The Balaban J connectivity index is 0.00000480. The van der Waals surface area contributed by atoms with E-state index in [1.807, 2.05) is 31.2 Å². The Morgan fingerprint density at radius 3 is 2.20 bits per heavy atom. The highest BCUT2D eigenvalue weighted by molar-refractivity contribution is 7.89. The van der Waals surface area contributed by atoms with E-state index in [0.29, 0.717) is 24.0 Å². The highest BCUT2D eigenvalue weighted by Crippen LogP contribution is 2.29. The molecule has 1 saturated carbocycles. The van der Waals surface area contributed by atoms with Crippen molar-refractivity contribution in [3.8, 4) is 22.5 Å². The lowest BCUT2D eigenvalue weighted by molar-refractivity contribution is -0.130. The first kappa shape index (κ1) is 35.1. The van der Waals surface area contributed by atoms with E-state index >= 15 is 0 Å². The number of H-pyrrole nitrogens is 1. The molecule has 0 spiro atoms. The van der Waals surface area contributed by atoms with Crippen molar-refractivity contribution in [1.82, 2.24) is 20.5 Å². The summed E-state index contributed by atoms with van der Waals surface area (Å²) in [6, 6.07) is 18.6. The molecule has 1 atom stereocenters. The second-order valence-corrected chi connectivity index (χ2v) is 13.4. The largest absolute Gasteiger partial charge is 0.344 e. The molecule has 1 aromatic heterocycles. The van der Waals surface area contributed by atoms with Crippen LogP contribution in [-0.4, -0.2) is 48.0 Å². The van der Waals surface area contributed by atoms with Crippen molar-refractivity contribution in [3.63, 3.8) is 0 Å². The Morgan fingerprint density at radius 2 is 1.63 bits per heavy atom. The third-order valence-corrected chi connectivity index (χ3v) is 9.38. The van der Waals surface area contributed by atoms with Crippen LogP contribution in [-0.2, 0) is 26.0 Å². The van der Waals surface area contributed by atoms with Crippen LogP contribution < -0.4 is 21.5 Å². The number of carbonyl (C=O) groups is 2. The Bertz CT molecular complexity index is 1770. The van der Waals surface area contributed by atoms with Crippen molar-refractivity contribution in [1.29, 1.82) is 0 Å². The predicted octanol–water partition coefficient (Wildman–Crippen LogP) is 4.60. The van der Waals surface area contributed by atoms with E-state index in [2.05, 4.69) is 25.8 Å². The Kier molecular flexibility index (Phi) is 11.6. The van der Waals surface area contributed by atoms with Gasteiger partial charge in [-0.25, -0.2) is 13.6 Å². The maximum Gasteiger partial charge on any atom is 0.247 e. The summed E-state index contributed by atoms with van der Waals surface area (Å²) in [5, 5.41) is 19.1. The minimum atomic E-state index is -3.80. The van der Waals surface area contributed by atoms with Crippen molar-refractivity contribution in [3.05, 3.63) is 83.1 Å². The molecule has 0 saturated heterocycles. The minimum Gasteiger partial charge on any atom is -0.344 e. The molecule has 1 fully saturated rings. The van der Waals surface area contributed by atoms with E-state index < -0.39 is 16.1 Å². The molecule has 1 aliphatic rings. The van der Waals surface area contributed by atoms with Crippen LogP contribution in [0, 0.1) is 18.8 Å². The number of hydrogen-bond donors (Lipinski definition) is 5. The minimum absolute atomic E-state index is 0. The molecule has 11 nitrogen and oxygen atoms in total. The molecule has 1 heterocycles. The maximum absolute atomic E-state index is 13.6. The van der Waals surface area contributed by atoms with Gasteiger partial charge in [-0.1, -0.05) is 30.3 Å². The van der Waals surface area contributed by atoms with Crippen molar-refractivity contribution in [2.45, 2.75) is 50.0 Å². The van der Waals surface area contributed by atoms with Crippen molar-refractivity contribution in [2.75, 3.05) is 11.9 Å². The number of sulfonamides is 1. The Morgan fingerprint density at radius 1 is 0.978 bits per heavy atom. The number of nitrogens with zero attached hydrogens (tertiary/aromatic N) is 2. The third kappa shape index (κ3) is 8.71. The zero-order chi connectivity index (χ0) is 32.1. The molecule has 0 unspecified atom stereocenters. The van der Waals surface area contributed by atoms with Crippen molar-refractivity contribution in [2.24, 2.45) is 22.7 Å². The fraction of sp³-hybridized carbons (Fsp3) is 0.312. The molecule has 14 heteroatoms. The molecule has 7 N–H and O–H groups in total. The first-order valence-corrected chi connectivity index (χ1v) is 16.6. The number of hydrogen-bond acceptors (Lipinski definition) is 7. The SMILES string of the molecule is Cc1cc(S(N)(=O)=O)ccc1-c1ccc(C[C@H](NC(=O)[C@H]2CC[C@H](CN)CC2)C(=O)Nc2ccc(-c3nnc(Cl)[nH]3)cc2)cc1.Cl. The second-order valence-electron chi connectivity index (χ2n) is 11.5. The molecule has 5 rings (SSSR count). The number of aromatic amines is 1. The van der Waals surface area contributed by atoms with Crippen LogP contribution in [0.15, 0.2) is 71.6 Å². The van der Waals surface area contributed by atoms with Crippen LogP contribution in [0.2, 0.25) is 5.28 Å². The van der Waals surface area contributed by atoms with E-state index in [9.17, 15) is 18.0 Å². The van der Waals surface area contributed by atoms with Gasteiger partial charge in [0, 0.05) is 23.6 Å². The van der Waals surface area contributed by atoms with E-state index in [1.54, 1.807) is 36.4 Å². The summed E-state index contributed by atoms with van der Waals surface area (Å²) in [5.74, 6) is 0.300. The quantitative estimate of drug-likeness (QED) is 0.161. The van der Waals surface area contributed by atoms with Crippen LogP contribution >= 0.6 is 24.0 Å². The molecule has 46 heavy (non-hydrogen) atoms. The molecule has 0 bridgehead atoms. The Hall–Kier alpha value is -3.81. The molecule has 3 aromatic carbocycles. The fourth-order valence-corrected chi connectivity index (χ4v) is 6.39. The van der Waals surface area contributed by atoms with Crippen LogP contribution in [0.25, 0.3) is 22.5 Å². The standard InChI is InChI=1S/C32H36ClN7O4S.ClH/c1-19-16-26(45(35,43)44)14-15-27(19)22-6-2-20(3-7-22)17-28(37-30(41)24-8-4-21(18-34)5-9-24)31(42)36-25-12-10-23(11-13-25)29-38-32(33)40-39-29;/h2-3,6-7,10-16,21,24,28H,4-5,8-9,17-18,34H2,1H3,(H,36,42)(H,37,41)(H2,35,43,44)(H,38,39,40);1H/t21-,24-,28-;/m0./s1. The zero-order valence-electron chi connectivity index (χ0n) is 25.2. The van der Waals surface area contributed by atoms with Gasteiger partial charge in [-0.05, 0) is 115 Å². The third-order valence-electron chi connectivity index (χ3n) is 8.30. The van der Waals surface area contributed by atoms with Gasteiger partial charge in [0.2, 0.25) is 27.1 Å². The number of primary sulfonamides is 1. The van der Waals surface area contributed by atoms with Gasteiger partial charge < -0.3 is 21.4 Å². The van der Waals surface area contributed by atoms with Gasteiger partial charge in [0.05, 0.1) is 4.90 Å². The molecule has 0 aliphatic heterocycles. The zero-order valence-corrected chi connectivity index (χ0v) is 27.6. The summed E-state index contributed by atoms with van der Waals surface area (Å²) in [4.78, 5) is 29.8. The van der Waals surface area contributed by atoms with Crippen LogP contribution in [0.5, 0.6) is 0 Å². The molecule has 1 aliphatic carbocycles. The predicted molar refractivity (Wildman–Crippen MR) is 181 cm³/mol. The first-order chi connectivity index (χ1) is 21.5. The number of anilines is 1. The van der Waals surface area contributed by atoms with Crippen LogP contribution in [0.4, 0.5) is 5.69 Å². The molecule has 2 amide bonds. The van der Waals surface area contributed by atoms with Gasteiger partial charge in [-0.2, -0.15) is 0 Å². The van der Waals surface area contributed by atoms with Crippen LogP contribution in [0.3, 0.4) is 0 Å². The normalized spacial score (nSPS) is 17.0. The van der Waals surface area contributed by atoms with E-state index in [4.69, 9.17) is 22.5 Å². The summed E-state index contributed by atoms with van der Waals surface area (Å²) in [6.45, 7) is 2.44. The summed E-state index contributed by atoms with van der Waals surface area (Å²) in [6.07, 6.45) is 3.55. The number of carbonyl (C=O) groups excluding carboxylic acids is 2. The average Bonchev–Trinajstić information content (AvgIpc) is 3.47. The number of aromatic nitrogens is 3. The van der Waals surface area contributed by atoms with Crippen LogP contribution in [0.1, 0.15) is 36.8 Å². The highest BCUT2D eigenvalue weighted by Gasteiger charge is 2.29.